The van der Waals surface area contributed by atoms with Crippen LogP contribution in [0.15, 0.2) is 10.7 Å². The van der Waals surface area contributed by atoms with E-state index in [1.807, 2.05) is 0 Å². The van der Waals surface area contributed by atoms with Gasteiger partial charge in [0.15, 0.2) is 0 Å². The van der Waals surface area contributed by atoms with Crippen LogP contribution >= 0.6 is 15.9 Å². The number of nitrogens with zero attached hydrogens (tertiary/aromatic N) is 2. The van der Waals surface area contributed by atoms with E-state index in [1.54, 1.807) is 6.07 Å². The third-order valence-electron chi connectivity index (χ3n) is 2.53. The van der Waals surface area contributed by atoms with Crippen molar-refractivity contribution in [2.24, 2.45) is 0 Å². The van der Waals surface area contributed by atoms with Crippen LogP contribution in [0.4, 0.5) is 11.8 Å². The molecular formula is C12H21BrN4. The van der Waals surface area contributed by atoms with Gasteiger partial charge in [0, 0.05) is 12.6 Å². The Morgan fingerprint density at radius 2 is 1.88 bits per heavy atom. The van der Waals surface area contributed by atoms with E-state index in [9.17, 15) is 0 Å². The summed E-state index contributed by atoms with van der Waals surface area (Å²) in [7, 11) is 0. The highest BCUT2D eigenvalue weighted by Gasteiger charge is 1.99. The fraction of sp³-hybridized carbons (Fsp3) is 0.667. The molecule has 0 unspecified atom stereocenters. The molecule has 0 aliphatic carbocycles. The molecule has 1 heterocycles. The van der Waals surface area contributed by atoms with Crippen LogP contribution in [0.5, 0.6) is 0 Å². The molecule has 96 valence electrons. The topological polar surface area (TPSA) is 63.8 Å². The first kappa shape index (κ1) is 14.2. The van der Waals surface area contributed by atoms with Crippen LogP contribution in [-0.4, -0.2) is 16.5 Å². The van der Waals surface area contributed by atoms with E-state index in [-0.39, 0.29) is 0 Å². The minimum absolute atomic E-state index is 0.484. The van der Waals surface area contributed by atoms with Gasteiger partial charge in [0.05, 0.1) is 0 Å². The Kier molecular flexibility index (Phi) is 6.93. The molecule has 1 aromatic heterocycles. The molecule has 0 aliphatic heterocycles. The predicted molar refractivity (Wildman–Crippen MR) is 76.0 cm³/mol. The molecule has 0 fully saturated rings. The Hall–Kier alpha value is -0.840. The van der Waals surface area contributed by atoms with Gasteiger partial charge in [0.1, 0.15) is 10.4 Å². The number of nitrogen functional groups attached to an aromatic ring is 1. The zero-order chi connectivity index (χ0) is 12.5. The summed E-state index contributed by atoms with van der Waals surface area (Å²) in [5.41, 5.74) is 5.62. The van der Waals surface area contributed by atoms with Crippen LogP contribution in [0.25, 0.3) is 0 Å². The lowest BCUT2D eigenvalue weighted by Gasteiger charge is -2.05. The molecule has 0 aromatic carbocycles. The van der Waals surface area contributed by atoms with Crippen molar-refractivity contribution in [2.45, 2.75) is 45.4 Å². The molecule has 0 radical (unpaired) electrons. The largest absolute Gasteiger partial charge is 0.383 e. The Bertz CT molecular complexity index is 310. The van der Waals surface area contributed by atoms with E-state index in [4.69, 9.17) is 5.73 Å². The minimum Gasteiger partial charge on any atom is -0.383 e. The lowest BCUT2D eigenvalue weighted by molar-refractivity contribution is 0.616. The summed E-state index contributed by atoms with van der Waals surface area (Å²) in [4.78, 5) is 8.30. The van der Waals surface area contributed by atoms with Crippen LogP contribution in [0, 0.1) is 0 Å². The van der Waals surface area contributed by atoms with Crippen molar-refractivity contribution in [2.75, 3.05) is 17.6 Å². The van der Waals surface area contributed by atoms with E-state index in [0.717, 1.165) is 17.6 Å². The maximum absolute atomic E-state index is 5.62. The summed E-state index contributed by atoms with van der Waals surface area (Å²) in [5.74, 6) is 1.09. The van der Waals surface area contributed by atoms with Crippen LogP contribution in [0.2, 0.25) is 0 Å². The number of nitrogens with two attached hydrogens (primary N) is 1. The highest BCUT2D eigenvalue weighted by molar-refractivity contribution is 9.10. The first-order chi connectivity index (χ1) is 8.22. The van der Waals surface area contributed by atoms with Gasteiger partial charge in [-0.2, -0.15) is 4.98 Å². The maximum atomic E-state index is 5.62. The summed E-state index contributed by atoms with van der Waals surface area (Å²) in [6, 6.07) is 1.69. The van der Waals surface area contributed by atoms with Crippen molar-refractivity contribution in [1.29, 1.82) is 0 Å². The monoisotopic (exact) mass is 300 g/mol. The van der Waals surface area contributed by atoms with Crippen molar-refractivity contribution >= 4 is 27.7 Å². The summed E-state index contributed by atoms with van der Waals surface area (Å²) in [6.07, 6.45) is 7.71. The molecule has 0 amide bonds. The molecule has 0 aliphatic rings. The number of aromatic nitrogens is 2. The molecule has 5 heteroatoms. The standard InChI is InChI=1S/C12H21BrN4/c1-2-3-4-5-6-7-8-15-12-16-10(13)9-11(14)17-12/h9H,2-8H2,1H3,(H3,14,15,16,17). The Morgan fingerprint density at radius 1 is 1.18 bits per heavy atom. The quantitative estimate of drug-likeness (QED) is 0.569. The van der Waals surface area contributed by atoms with E-state index in [0.29, 0.717) is 11.8 Å². The van der Waals surface area contributed by atoms with Crippen molar-refractivity contribution in [3.05, 3.63) is 10.7 Å². The average molecular weight is 301 g/mol. The number of nitrogens with one attached hydrogen (secondary N) is 1. The fourth-order valence-corrected chi connectivity index (χ4v) is 2.02. The van der Waals surface area contributed by atoms with Crippen LogP contribution in [0.1, 0.15) is 45.4 Å². The Morgan fingerprint density at radius 3 is 2.59 bits per heavy atom. The molecule has 0 bridgehead atoms. The van der Waals surface area contributed by atoms with Gasteiger partial charge < -0.3 is 11.1 Å². The molecule has 17 heavy (non-hydrogen) atoms. The summed E-state index contributed by atoms with van der Waals surface area (Å²) in [5, 5.41) is 3.18. The van der Waals surface area contributed by atoms with Gasteiger partial charge in [-0.25, -0.2) is 4.98 Å². The normalized spacial score (nSPS) is 10.5. The smallest absolute Gasteiger partial charge is 0.225 e. The van der Waals surface area contributed by atoms with E-state index >= 15 is 0 Å². The van der Waals surface area contributed by atoms with Crippen molar-refractivity contribution in [1.82, 2.24) is 9.97 Å². The van der Waals surface area contributed by atoms with Gasteiger partial charge in [-0.15, -0.1) is 0 Å². The highest BCUT2D eigenvalue weighted by Crippen LogP contribution is 2.12. The van der Waals surface area contributed by atoms with Gasteiger partial charge in [-0.1, -0.05) is 39.0 Å². The molecular weight excluding hydrogens is 280 g/mol. The van der Waals surface area contributed by atoms with Gasteiger partial charge in [-0.3, -0.25) is 0 Å². The second kappa shape index (κ2) is 8.28. The second-order valence-corrected chi connectivity index (χ2v) is 4.95. The molecule has 0 saturated heterocycles. The average Bonchev–Trinajstić information content (AvgIpc) is 2.26. The third kappa shape index (κ3) is 6.46. The SMILES string of the molecule is CCCCCCCCNc1nc(N)cc(Br)n1. The molecule has 4 nitrogen and oxygen atoms in total. The van der Waals surface area contributed by atoms with Crippen LogP contribution < -0.4 is 11.1 Å². The zero-order valence-corrected chi connectivity index (χ0v) is 12.0. The number of hydrogen-bond donors (Lipinski definition) is 2. The molecule has 0 spiro atoms. The highest BCUT2D eigenvalue weighted by atomic mass is 79.9. The number of hydrogen-bond acceptors (Lipinski definition) is 4. The molecule has 0 atom stereocenters. The third-order valence-corrected chi connectivity index (χ3v) is 2.93. The number of anilines is 2. The molecule has 1 aromatic rings. The number of halogens is 1. The first-order valence-corrected chi connectivity index (χ1v) is 7.05. The maximum Gasteiger partial charge on any atom is 0.225 e. The molecule has 3 N–H and O–H groups in total. The lowest BCUT2D eigenvalue weighted by Crippen LogP contribution is -2.06. The van der Waals surface area contributed by atoms with Crippen molar-refractivity contribution < 1.29 is 0 Å². The van der Waals surface area contributed by atoms with E-state index in [2.05, 4.69) is 38.1 Å². The number of rotatable bonds is 8. The zero-order valence-electron chi connectivity index (χ0n) is 10.4. The minimum atomic E-state index is 0.484. The van der Waals surface area contributed by atoms with Gasteiger partial charge in [0.2, 0.25) is 5.95 Å². The molecule has 0 saturated carbocycles. The van der Waals surface area contributed by atoms with Gasteiger partial charge in [-0.05, 0) is 22.4 Å². The predicted octanol–water partition coefficient (Wildman–Crippen LogP) is 3.59. The Balaban J connectivity index is 2.13. The molecule has 1 rings (SSSR count). The van der Waals surface area contributed by atoms with Crippen LogP contribution in [-0.2, 0) is 0 Å². The summed E-state index contributed by atoms with van der Waals surface area (Å²) in [6.45, 7) is 3.14. The number of unbranched alkanes of at least 4 members (excludes halogenated alkanes) is 5. The summed E-state index contributed by atoms with van der Waals surface area (Å²) < 4.78 is 0.718. The first-order valence-electron chi connectivity index (χ1n) is 6.26. The van der Waals surface area contributed by atoms with Gasteiger partial charge in [0.25, 0.3) is 0 Å². The van der Waals surface area contributed by atoms with Crippen molar-refractivity contribution in [3.8, 4) is 0 Å². The van der Waals surface area contributed by atoms with E-state index in [1.165, 1.54) is 32.1 Å². The summed E-state index contributed by atoms with van der Waals surface area (Å²) >= 11 is 3.29. The van der Waals surface area contributed by atoms with Gasteiger partial charge >= 0.3 is 0 Å². The fourth-order valence-electron chi connectivity index (χ4n) is 1.62. The lowest BCUT2D eigenvalue weighted by atomic mass is 10.1. The second-order valence-electron chi connectivity index (χ2n) is 4.13. The van der Waals surface area contributed by atoms with E-state index < -0.39 is 0 Å². The Labute approximate surface area is 112 Å². The van der Waals surface area contributed by atoms with Crippen LogP contribution in [0.3, 0.4) is 0 Å². The van der Waals surface area contributed by atoms with Crippen molar-refractivity contribution in [3.63, 3.8) is 0 Å².